The third-order valence-corrected chi connectivity index (χ3v) is 9.59. The largest absolute Gasteiger partial charge is 0.462 e. The van der Waals surface area contributed by atoms with Gasteiger partial charge in [0.15, 0.2) is 6.10 Å². The van der Waals surface area contributed by atoms with E-state index < -0.39 is 6.10 Å². The maximum absolute atomic E-state index is 12.7. The summed E-state index contributed by atoms with van der Waals surface area (Å²) in [5, 5.41) is 0. The van der Waals surface area contributed by atoms with E-state index >= 15 is 0 Å². The van der Waals surface area contributed by atoms with E-state index in [1.54, 1.807) is 0 Å². The minimum absolute atomic E-state index is 0.115. The predicted octanol–water partition coefficient (Wildman–Crippen LogP) is 15.7. The Labute approximate surface area is 373 Å². The molecule has 0 aliphatic carbocycles. The van der Waals surface area contributed by atoms with Crippen LogP contribution in [-0.2, 0) is 28.6 Å². The van der Waals surface area contributed by atoms with Crippen molar-refractivity contribution in [3.8, 4) is 0 Å². The highest BCUT2D eigenvalue weighted by atomic mass is 16.6. The van der Waals surface area contributed by atoms with Crippen LogP contribution < -0.4 is 0 Å². The maximum atomic E-state index is 12.7. The van der Waals surface area contributed by atoms with Crippen LogP contribution in [-0.4, -0.2) is 37.2 Å². The minimum Gasteiger partial charge on any atom is -0.462 e. The molecule has 0 aromatic carbocycles. The van der Waals surface area contributed by atoms with Crippen LogP contribution in [0.15, 0.2) is 122 Å². The van der Waals surface area contributed by atoms with E-state index in [2.05, 4.69) is 93.7 Å². The molecular weight excluding hydrogens is 757 g/mol. The lowest BCUT2D eigenvalue weighted by Crippen LogP contribution is -2.30. The van der Waals surface area contributed by atoms with Crippen LogP contribution in [0.1, 0.15) is 188 Å². The molecule has 342 valence electrons. The van der Waals surface area contributed by atoms with E-state index in [0.29, 0.717) is 19.3 Å². The summed E-state index contributed by atoms with van der Waals surface area (Å²) in [5.74, 6) is -1.03. The highest BCUT2D eigenvalue weighted by Crippen LogP contribution is 2.13. The molecule has 6 heteroatoms. The smallest absolute Gasteiger partial charge is 0.306 e. The number of unbranched alkanes of at least 4 members (excludes halogenated alkanes) is 14. The van der Waals surface area contributed by atoms with Gasteiger partial charge in [0.2, 0.25) is 0 Å². The van der Waals surface area contributed by atoms with Crippen molar-refractivity contribution < 1.29 is 28.6 Å². The van der Waals surface area contributed by atoms with E-state index in [0.717, 1.165) is 83.5 Å². The van der Waals surface area contributed by atoms with Gasteiger partial charge in [0.25, 0.3) is 0 Å². The summed E-state index contributed by atoms with van der Waals surface area (Å²) in [5.41, 5.74) is 0. The number of hydrogen-bond donors (Lipinski definition) is 0. The van der Waals surface area contributed by atoms with Crippen molar-refractivity contribution in [2.45, 2.75) is 194 Å². The van der Waals surface area contributed by atoms with Crippen molar-refractivity contribution in [1.29, 1.82) is 0 Å². The normalized spacial score (nSPS) is 13.2. The molecule has 1 unspecified atom stereocenters. The van der Waals surface area contributed by atoms with E-state index in [-0.39, 0.29) is 44.0 Å². The first kappa shape index (κ1) is 56.8. The molecule has 1 atom stereocenters. The van der Waals surface area contributed by atoms with Gasteiger partial charge in [-0.05, 0) is 77.0 Å². The van der Waals surface area contributed by atoms with Crippen molar-refractivity contribution >= 4 is 17.9 Å². The Morgan fingerprint density at radius 3 is 1.25 bits per heavy atom. The van der Waals surface area contributed by atoms with Crippen molar-refractivity contribution in [2.24, 2.45) is 0 Å². The first-order valence-electron chi connectivity index (χ1n) is 24.1. The molecule has 61 heavy (non-hydrogen) atoms. The van der Waals surface area contributed by atoms with Crippen LogP contribution in [0.25, 0.3) is 0 Å². The summed E-state index contributed by atoms with van der Waals surface area (Å²) in [4.78, 5) is 37.8. The summed E-state index contributed by atoms with van der Waals surface area (Å²) in [6.07, 6.45) is 66.1. The standard InChI is InChI=1S/C55H86O6/c1-4-7-10-13-16-19-22-24-26-27-29-30-33-36-39-42-45-48-54(57)60-51-52(50-59-53(56)47-44-41-38-35-32-21-18-15-12-9-6-3)61-55(58)49-46-43-40-37-34-31-28-25-23-20-17-14-11-8-5-2/h7-8,10-11,14,16-17,19-20,23-26,28-31,34,36,39,52H,4-6,9,12-13,15,18,21-22,27,32-33,35,37-38,40-51H2,1-3H3/b10-7-,11-8-,17-14-,19-16-,23-20-,26-24-,28-25-,30-29-,34-31-,39-36-. The monoisotopic (exact) mass is 843 g/mol. The first-order chi connectivity index (χ1) is 30.0. The third kappa shape index (κ3) is 46.7. The summed E-state index contributed by atoms with van der Waals surface area (Å²) < 4.78 is 16.7. The van der Waals surface area contributed by atoms with Crippen LogP contribution in [0.5, 0.6) is 0 Å². The molecule has 0 aliphatic rings. The first-order valence-corrected chi connectivity index (χ1v) is 24.1. The van der Waals surface area contributed by atoms with Gasteiger partial charge in [-0.2, -0.15) is 0 Å². The quantitative estimate of drug-likeness (QED) is 0.0201. The molecule has 0 N–H and O–H groups in total. The van der Waals surface area contributed by atoms with Crippen LogP contribution in [0.2, 0.25) is 0 Å². The Kier molecular flexibility index (Phi) is 45.1. The number of carbonyl (C=O) groups is 3. The van der Waals surface area contributed by atoms with E-state index in [1.807, 2.05) is 48.6 Å². The van der Waals surface area contributed by atoms with E-state index in [4.69, 9.17) is 14.2 Å². The number of carbonyl (C=O) groups excluding carboxylic acids is 3. The lowest BCUT2D eigenvalue weighted by Gasteiger charge is -2.18. The van der Waals surface area contributed by atoms with Gasteiger partial charge in [0.05, 0.1) is 0 Å². The van der Waals surface area contributed by atoms with Crippen molar-refractivity contribution in [3.05, 3.63) is 122 Å². The molecule has 0 rings (SSSR count). The van der Waals surface area contributed by atoms with Gasteiger partial charge >= 0.3 is 17.9 Å². The van der Waals surface area contributed by atoms with Gasteiger partial charge in [-0.3, -0.25) is 14.4 Å². The zero-order valence-electron chi connectivity index (χ0n) is 38.9. The van der Waals surface area contributed by atoms with Gasteiger partial charge in [-0.15, -0.1) is 0 Å². The summed E-state index contributed by atoms with van der Waals surface area (Å²) in [6, 6.07) is 0. The second-order valence-electron chi connectivity index (χ2n) is 15.4. The Morgan fingerprint density at radius 2 is 0.738 bits per heavy atom. The second kappa shape index (κ2) is 48.5. The SMILES string of the molecule is CC\C=C/C=C\C=C/C=C\C=C/CCCCCC(=O)OC(COC(=O)CCC/C=C\C/C=C\C/C=C\C/C=C\C/C=C\CC)COC(=O)CCCCCCCCCCCCC. The molecule has 0 radical (unpaired) electrons. The molecule has 0 saturated carbocycles. The highest BCUT2D eigenvalue weighted by Gasteiger charge is 2.19. The van der Waals surface area contributed by atoms with Gasteiger partial charge in [-0.1, -0.05) is 213 Å². The van der Waals surface area contributed by atoms with Gasteiger partial charge in [-0.25, -0.2) is 0 Å². The number of hydrogen-bond acceptors (Lipinski definition) is 6. The fourth-order valence-corrected chi connectivity index (χ4v) is 6.03. The maximum Gasteiger partial charge on any atom is 0.306 e. The number of allylic oxidation sites excluding steroid dienone is 20. The number of rotatable bonds is 41. The Bertz CT molecular complexity index is 1340. The summed E-state index contributed by atoms with van der Waals surface area (Å²) in [7, 11) is 0. The molecule has 6 nitrogen and oxygen atoms in total. The molecule has 0 bridgehead atoms. The van der Waals surface area contributed by atoms with Crippen molar-refractivity contribution in [1.82, 2.24) is 0 Å². The molecule has 0 aliphatic heterocycles. The molecule has 0 fully saturated rings. The van der Waals surface area contributed by atoms with Gasteiger partial charge in [0.1, 0.15) is 13.2 Å². The molecule has 0 saturated heterocycles. The summed E-state index contributed by atoms with van der Waals surface area (Å²) in [6.45, 7) is 6.26. The Balaban J connectivity index is 4.58. The molecular formula is C55H86O6. The van der Waals surface area contributed by atoms with Crippen LogP contribution in [0, 0.1) is 0 Å². The Hall–Kier alpha value is -4.19. The van der Waals surface area contributed by atoms with Crippen molar-refractivity contribution in [3.63, 3.8) is 0 Å². The van der Waals surface area contributed by atoms with E-state index in [9.17, 15) is 14.4 Å². The van der Waals surface area contributed by atoms with Crippen LogP contribution in [0.4, 0.5) is 0 Å². The molecule has 0 aromatic heterocycles. The molecule has 0 amide bonds. The number of ether oxygens (including phenoxy) is 3. The fraction of sp³-hybridized carbons (Fsp3) is 0.582. The lowest BCUT2D eigenvalue weighted by atomic mass is 10.1. The van der Waals surface area contributed by atoms with Gasteiger partial charge in [0, 0.05) is 19.3 Å². The minimum atomic E-state index is -0.823. The zero-order valence-corrected chi connectivity index (χ0v) is 38.9. The van der Waals surface area contributed by atoms with Crippen molar-refractivity contribution in [2.75, 3.05) is 13.2 Å². The average Bonchev–Trinajstić information content (AvgIpc) is 3.26. The van der Waals surface area contributed by atoms with Crippen LogP contribution in [0.3, 0.4) is 0 Å². The fourth-order valence-electron chi connectivity index (χ4n) is 6.03. The molecule has 0 spiro atoms. The zero-order chi connectivity index (χ0) is 44.4. The highest BCUT2D eigenvalue weighted by molar-refractivity contribution is 5.71. The topological polar surface area (TPSA) is 78.9 Å². The number of esters is 3. The van der Waals surface area contributed by atoms with E-state index in [1.165, 1.54) is 51.4 Å². The average molecular weight is 843 g/mol. The third-order valence-electron chi connectivity index (χ3n) is 9.59. The predicted molar refractivity (Wildman–Crippen MR) is 260 cm³/mol. The molecule has 0 aromatic rings. The van der Waals surface area contributed by atoms with Gasteiger partial charge < -0.3 is 14.2 Å². The summed E-state index contributed by atoms with van der Waals surface area (Å²) >= 11 is 0. The Morgan fingerprint density at radius 1 is 0.361 bits per heavy atom. The second-order valence-corrected chi connectivity index (χ2v) is 15.4. The lowest BCUT2D eigenvalue weighted by molar-refractivity contribution is -0.167. The molecule has 0 heterocycles. The van der Waals surface area contributed by atoms with Crippen LogP contribution >= 0.6 is 0 Å².